The van der Waals surface area contributed by atoms with E-state index >= 15 is 0 Å². The first kappa shape index (κ1) is 96.1. The Morgan fingerprint density at radius 3 is 0.694 bits per heavy atom. The van der Waals surface area contributed by atoms with Crippen LogP contribution in [0.1, 0.15) is 414 Å². The molecule has 0 heterocycles. The number of esters is 4. The van der Waals surface area contributed by atoms with Gasteiger partial charge in [0.1, 0.15) is 19.3 Å². The minimum atomic E-state index is -4.96. The predicted octanol–water partition coefficient (Wildman–Crippen LogP) is 23.5. The molecule has 17 nitrogen and oxygen atoms in total. The molecule has 0 rings (SSSR count). The Morgan fingerprint density at radius 2 is 0.469 bits per heavy atom. The van der Waals surface area contributed by atoms with Crippen molar-refractivity contribution in [2.75, 3.05) is 39.6 Å². The zero-order valence-electron chi connectivity index (χ0n) is 64.1. The summed E-state index contributed by atoms with van der Waals surface area (Å²) in [6.07, 6.45) is 59.8. The van der Waals surface area contributed by atoms with Gasteiger partial charge in [-0.25, -0.2) is 9.13 Å². The highest BCUT2D eigenvalue weighted by atomic mass is 31.2. The van der Waals surface area contributed by atoms with Crippen LogP contribution in [0.3, 0.4) is 0 Å². The number of ether oxygens (including phenoxy) is 4. The molecule has 582 valence electrons. The van der Waals surface area contributed by atoms with Gasteiger partial charge in [-0.05, 0) is 37.5 Å². The largest absolute Gasteiger partial charge is 0.472 e. The van der Waals surface area contributed by atoms with Crippen LogP contribution in [0.15, 0.2) is 0 Å². The molecule has 0 saturated heterocycles. The van der Waals surface area contributed by atoms with Crippen LogP contribution in [0.25, 0.3) is 0 Å². The van der Waals surface area contributed by atoms with Gasteiger partial charge in [0.05, 0.1) is 26.4 Å². The van der Waals surface area contributed by atoms with E-state index < -0.39 is 97.5 Å². The maximum absolute atomic E-state index is 13.1. The molecule has 3 N–H and O–H groups in total. The van der Waals surface area contributed by atoms with E-state index in [2.05, 4.69) is 41.5 Å². The van der Waals surface area contributed by atoms with Crippen molar-refractivity contribution in [3.63, 3.8) is 0 Å². The molecule has 0 amide bonds. The fourth-order valence-corrected chi connectivity index (χ4v) is 13.8. The summed E-state index contributed by atoms with van der Waals surface area (Å²) in [7, 11) is -9.91. The Hall–Kier alpha value is -1.94. The van der Waals surface area contributed by atoms with Crippen LogP contribution in [-0.2, 0) is 65.4 Å². The molecular weight excluding hydrogens is 1280 g/mol. The summed E-state index contributed by atoms with van der Waals surface area (Å²) < 4.78 is 68.5. The molecule has 0 aromatic carbocycles. The third kappa shape index (κ3) is 72.4. The number of carbonyl (C=O) groups is 4. The van der Waals surface area contributed by atoms with Crippen LogP contribution in [0.2, 0.25) is 0 Å². The Bertz CT molecular complexity index is 1890. The van der Waals surface area contributed by atoms with Crippen LogP contribution < -0.4 is 0 Å². The third-order valence-corrected chi connectivity index (χ3v) is 20.4. The van der Waals surface area contributed by atoms with E-state index in [9.17, 15) is 43.2 Å². The first-order valence-corrected chi connectivity index (χ1v) is 44.0. The summed E-state index contributed by atoms with van der Waals surface area (Å²) >= 11 is 0. The summed E-state index contributed by atoms with van der Waals surface area (Å²) in [4.78, 5) is 72.8. The van der Waals surface area contributed by atoms with E-state index in [-0.39, 0.29) is 25.7 Å². The summed E-state index contributed by atoms with van der Waals surface area (Å²) in [6, 6.07) is 0. The maximum atomic E-state index is 13.1. The molecule has 0 aromatic rings. The van der Waals surface area contributed by atoms with Gasteiger partial charge in [-0.2, -0.15) is 0 Å². The average Bonchev–Trinajstić information content (AvgIpc) is 1.05. The van der Waals surface area contributed by atoms with E-state index in [4.69, 9.17) is 37.0 Å². The lowest BCUT2D eigenvalue weighted by Gasteiger charge is -2.21. The number of rotatable bonds is 78. The number of phosphoric ester groups is 2. The van der Waals surface area contributed by atoms with Gasteiger partial charge in [0, 0.05) is 25.7 Å². The molecule has 0 aliphatic carbocycles. The first-order chi connectivity index (χ1) is 47.4. The highest BCUT2D eigenvalue weighted by Crippen LogP contribution is 2.45. The SMILES string of the molecule is CCCCCCCCCCCCCCCCC(=O)O[C@H](COC(=O)CCCCCCCCC)COP(=O)(O)OC[C@H](O)COP(=O)(O)OC[C@@H](COC(=O)CCCCCCCCCCCCCCCC(C)C)OC(=O)CCCCCCCCCCCCCCCCCCCCC(C)C. The molecule has 0 fully saturated rings. The summed E-state index contributed by atoms with van der Waals surface area (Å²) in [5.41, 5.74) is 0. The number of unbranched alkanes of at least 4 members (excludes halogenated alkanes) is 48. The lowest BCUT2D eigenvalue weighted by Crippen LogP contribution is -2.30. The van der Waals surface area contributed by atoms with Crippen LogP contribution in [0, 0.1) is 11.8 Å². The van der Waals surface area contributed by atoms with E-state index in [0.717, 1.165) is 115 Å². The summed E-state index contributed by atoms with van der Waals surface area (Å²) in [5, 5.41) is 10.6. The van der Waals surface area contributed by atoms with Gasteiger partial charge >= 0.3 is 39.5 Å². The number of carbonyl (C=O) groups excluding carboxylic acids is 4. The Labute approximate surface area is 600 Å². The van der Waals surface area contributed by atoms with Gasteiger partial charge in [0.15, 0.2) is 12.2 Å². The van der Waals surface area contributed by atoms with Crippen molar-refractivity contribution in [3.05, 3.63) is 0 Å². The Morgan fingerprint density at radius 1 is 0.276 bits per heavy atom. The summed E-state index contributed by atoms with van der Waals surface area (Å²) in [6.45, 7) is 9.64. The second-order valence-electron chi connectivity index (χ2n) is 29.4. The monoisotopic (exact) mass is 1440 g/mol. The fourth-order valence-electron chi connectivity index (χ4n) is 12.2. The number of aliphatic hydroxyl groups is 1. The molecule has 0 radical (unpaired) electrons. The molecule has 0 aliphatic heterocycles. The second-order valence-corrected chi connectivity index (χ2v) is 32.3. The van der Waals surface area contributed by atoms with Crippen molar-refractivity contribution in [1.82, 2.24) is 0 Å². The number of hydrogen-bond donors (Lipinski definition) is 3. The lowest BCUT2D eigenvalue weighted by molar-refractivity contribution is -0.161. The van der Waals surface area contributed by atoms with Gasteiger partial charge in [0.25, 0.3) is 0 Å². The van der Waals surface area contributed by atoms with Crippen molar-refractivity contribution in [2.24, 2.45) is 11.8 Å². The number of hydrogen-bond acceptors (Lipinski definition) is 15. The standard InChI is InChI=1S/C79H154O17P2/c1-7-9-11-13-15-16-17-18-28-34-39-45-51-57-63-78(83)95-74(67-89-76(81)61-55-49-41-14-12-10-8-2)69-93-97(85,86)91-65-73(80)66-92-98(87,88)94-70-75(68-90-77(82)62-56-50-44-38-33-30-25-27-32-37-43-48-54-60-72(5)6)96-79(84)64-58-52-46-40-35-29-24-22-20-19-21-23-26-31-36-42-47-53-59-71(3)4/h71-75,80H,7-70H2,1-6H3,(H,85,86)(H,87,88)/t73-,74+,75+/m0/s1. The fraction of sp³-hybridized carbons (Fsp3) is 0.949. The molecule has 5 atom stereocenters. The van der Waals surface area contributed by atoms with Crippen LogP contribution in [0.5, 0.6) is 0 Å². The average molecular weight is 1440 g/mol. The van der Waals surface area contributed by atoms with Crippen molar-refractivity contribution < 1.29 is 80.2 Å². The van der Waals surface area contributed by atoms with Crippen molar-refractivity contribution in [2.45, 2.75) is 432 Å². The van der Waals surface area contributed by atoms with Crippen molar-refractivity contribution in [3.8, 4) is 0 Å². The molecule has 0 aromatic heterocycles. The molecule has 2 unspecified atom stereocenters. The van der Waals surface area contributed by atoms with Gasteiger partial charge in [-0.3, -0.25) is 37.3 Å². The van der Waals surface area contributed by atoms with Crippen LogP contribution in [-0.4, -0.2) is 96.7 Å². The van der Waals surface area contributed by atoms with Crippen LogP contribution >= 0.6 is 15.6 Å². The lowest BCUT2D eigenvalue weighted by atomic mass is 10.0. The molecule has 0 saturated carbocycles. The molecule has 0 aliphatic rings. The highest BCUT2D eigenvalue weighted by molar-refractivity contribution is 7.47. The molecule has 98 heavy (non-hydrogen) atoms. The topological polar surface area (TPSA) is 237 Å². The van der Waals surface area contributed by atoms with Crippen LogP contribution in [0.4, 0.5) is 0 Å². The quantitative estimate of drug-likeness (QED) is 0.0222. The number of phosphoric acid groups is 2. The predicted molar refractivity (Wildman–Crippen MR) is 400 cm³/mol. The third-order valence-electron chi connectivity index (χ3n) is 18.5. The molecular formula is C79H154O17P2. The Balaban J connectivity index is 5.17. The zero-order valence-corrected chi connectivity index (χ0v) is 65.9. The van der Waals surface area contributed by atoms with Gasteiger partial charge in [0.2, 0.25) is 0 Å². The van der Waals surface area contributed by atoms with E-state index in [1.807, 2.05) is 0 Å². The van der Waals surface area contributed by atoms with Gasteiger partial charge < -0.3 is 33.8 Å². The highest BCUT2D eigenvalue weighted by Gasteiger charge is 2.30. The Kier molecular flexibility index (Phi) is 69.3. The second kappa shape index (κ2) is 70.7. The molecule has 0 spiro atoms. The summed E-state index contributed by atoms with van der Waals surface area (Å²) in [5.74, 6) is -0.503. The van der Waals surface area contributed by atoms with Gasteiger partial charge in [-0.15, -0.1) is 0 Å². The normalized spacial score (nSPS) is 13.9. The van der Waals surface area contributed by atoms with Gasteiger partial charge in [-0.1, -0.05) is 363 Å². The maximum Gasteiger partial charge on any atom is 0.472 e. The molecule has 19 heteroatoms. The zero-order chi connectivity index (χ0) is 72.1. The first-order valence-electron chi connectivity index (χ1n) is 41.0. The van der Waals surface area contributed by atoms with Crippen molar-refractivity contribution in [1.29, 1.82) is 0 Å². The van der Waals surface area contributed by atoms with E-state index in [0.29, 0.717) is 25.7 Å². The minimum Gasteiger partial charge on any atom is -0.462 e. The van der Waals surface area contributed by atoms with E-state index in [1.54, 1.807) is 0 Å². The van der Waals surface area contributed by atoms with E-state index in [1.165, 1.54) is 218 Å². The number of aliphatic hydroxyl groups excluding tert-OH is 1. The smallest absolute Gasteiger partial charge is 0.462 e. The minimum absolute atomic E-state index is 0.108. The van der Waals surface area contributed by atoms with Crippen molar-refractivity contribution >= 4 is 39.5 Å². The molecule has 0 bridgehead atoms.